The SMILES string of the molecule is COc1ccc(C2CC2CN)c(Cl)c1OC. The lowest BCUT2D eigenvalue weighted by molar-refractivity contribution is 0.354. The number of halogens is 1. The number of benzene rings is 1. The molecule has 1 aliphatic rings. The smallest absolute Gasteiger partial charge is 0.179 e. The van der Waals surface area contributed by atoms with Gasteiger partial charge in [0.15, 0.2) is 11.5 Å². The Kier molecular flexibility index (Phi) is 3.26. The molecule has 0 aromatic heterocycles. The van der Waals surface area contributed by atoms with Gasteiger partial charge in [-0.25, -0.2) is 0 Å². The van der Waals surface area contributed by atoms with E-state index in [0.717, 1.165) is 18.5 Å². The Labute approximate surface area is 100 Å². The first-order valence-corrected chi connectivity index (χ1v) is 5.71. The summed E-state index contributed by atoms with van der Waals surface area (Å²) in [5, 5.41) is 0.655. The first kappa shape index (κ1) is 11.6. The summed E-state index contributed by atoms with van der Waals surface area (Å²) in [4.78, 5) is 0. The molecule has 2 atom stereocenters. The van der Waals surface area contributed by atoms with Gasteiger partial charge in [-0.05, 0) is 36.4 Å². The van der Waals surface area contributed by atoms with Gasteiger partial charge in [0, 0.05) is 0 Å². The van der Waals surface area contributed by atoms with Crippen LogP contribution in [-0.2, 0) is 0 Å². The number of hydrogen-bond acceptors (Lipinski definition) is 3. The van der Waals surface area contributed by atoms with Gasteiger partial charge in [-0.3, -0.25) is 0 Å². The van der Waals surface area contributed by atoms with Crippen molar-refractivity contribution in [3.63, 3.8) is 0 Å². The Morgan fingerprint density at radius 3 is 2.62 bits per heavy atom. The van der Waals surface area contributed by atoms with Crippen LogP contribution in [0.1, 0.15) is 17.9 Å². The molecule has 0 heterocycles. The second-order valence-corrected chi connectivity index (χ2v) is 4.42. The van der Waals surface area contributed by atoms with Crippen molar-refractivity contribution < 1.29 is 9.47 Å². The lowest BCUT2D eigenvalue weighted by Gasteiger charge is -2.12. The normalized spacial score (nSPS) is 23.0. The summed E-state index contributed by atoms with van der Waals surface area (Å²) >= 11 is 6.30. The van der Waals surface area contributed by atoms with E-state index in [4.69, 9.17) is 26.8 Å². The van der Waals surface area contributed by atoms with Crippen LogP contribution < -0.4 is 15.2 Å². The number of methoxy groups -OCH3 is 2. The molecule has 0 aliphatic heterocycles. The van der Waals surface area contributed by atoms with E-state index in [-0.39, 0.29) is 0 Å². The van der Waals surface area contributed by atoms with Gasteiger partial charge in [0.1, 0.15) is 0 Å². The Bertz CT molecular complexity index is 395. The van der Waals surface area contributed by atoms with Crippen LogP contribution in [0.4, 0.5) is 0 Å². The fourth-order valence-electron chi connectivity index (χ4n) is 2.08. The van der Waals surface area contributed by atoms with Gasteiger partial charge in [0.25, 0.3) is 0 Å². The summed E-state index contributed by atoms with van der Waals surface area (Å²) in [7, 11) is 3.20. The van der Waals surface area contributed by atoms with Gasteiger partial charge in [-0.1, -0.05) is 17.7 Å². The molecule has 0 saturated heterocycles. The van der Waals surface area contributed by atoms with Crippen molar-refractivity contribution in [3.05, 3.63) is 22.7 Å². The molecule has 88 valence electrons. The highest BCUT2D eigenvalue weighted by Crippen LogP contribution is 2.52. The molecule has 0 amide bonds. The lowest BCUT2D eigenvalue weighted by Crippen LogP contribution is -2.02. The molecule has 2 N–H and O–H groups in total. The maximum absolute atomic E-state index is 6.30. The van der Waals surface area contributed by atoms with Gasteiger partial charge < -0.3 is 15.2 Å². The van der Waals surface area contributed by atoms with E-state index in [1.165, 1.54) is 0 Å². The van der Waals surface area contributed by atoms with Gasteiger partial charge in [0.2, 0.25) is 0 Å². The quantitative estimate of drug-likeness (QED) is 0.881. The van der Waals surface area contributed by atoms with E-state index >= 15 is 0 Å². The predicted molar refractivity (Wildman–Crippen MR) is 64.5 cm³/mol. The summed E-state index contributed by atoms with van der Waals surface area (Å²) in [6, 6.07) is 3.90. The van der Waals surface area contributed by atoms with Crippen LogP contribution in [0.2, 0.25) is 5.02 Å². The third kappa shape index (κ3) is 1.85. The monoisotopic (exact) mass is 241 g/mol. The second-order valence-electron chi connectivity index (χ2n) is 4.04. The molecule has 0 spiro atoms. The number of rotatable bonds is 4. The van der Waals surface area contributed by atoms with Gasteiger partial charge >= 0.3 is 0 Å². The van der Waals surface area contributed by atoms with Crippen molar-refractivity contribution in [1.82, 2.24) is 0 Å². The van der Waals surface area contributed by atoms with E-state index in [2.05, 4.69) is 0 Å². The standard InChI is InChI=1S/C12H16ClNO2/c1-15-10-4-3-8(9-5-7(9)6-14)11(13)12(10)16-2/h3-4,7,9H,5-6,14H2,1-2H3. The fourth-order valence-corrected chi connectivity index (χ4v) is 2.45. The van der Waals surface area contributed by atoms with Crippen molar-refractivity contribution in [1.29, 1.82) is 0 Å². The van der Waals surface area contributed by atoms with E-state index in [9.17, 15) is 0 Å². The summed E-state index contributed by atoms with van der Waals surface area (Å²) in [6.07, 6.45) is 1.12. The van der Waals surface area contributed by atoms with Crippen LogP contribution >= 0.6 is 11.6 Å². The Morgan fingerprint density at radius 2 is 2.12 bits per heavy atom. The zero-order valence-corrected chi connectivity index (χ0v) is 10.3. The lowest BCUT2D eigenvalue weighted by atomic mass is 10.1. The molecule has 3 nitrogen and oxygen atoms in total. The van der Waals surface area contributed by atoms with Crippen molar-refractivity contribution >= 4 is 11.6 Å². The van der Waals surface area contributed by atoms with Crippen molar-refractivity contribution in [3.8, 4) is 11.5 Å². The number of hydrogen-bond donors (Lipinski definition) is 1. The van der Waals surface area contributed by atoms with Crippen LogP contribution in [0.3, 0.4) is 0 Å². The molecule has 1 fully saturated rings. The molecule has 2 unspecified atom stereocenters. The van der Waals surface area contributed by atoms with E-state index in [1.54, 1.807) is 14.2 Å². The average Bonchev–Trinajstić information content (AvgIpc) is 3.07. The molecule has 4 heteroatoms. The molecule has 1 aromatic carbocycles. The highest BCUT2D eigenvalue weighted by atomic mass is 35.5. The molecule has 1 aromatic rings. The molecular weight excluding hydrogens is 226 g/mol. The summed E-state index contributed by atoms with van der Waals surface area (Å²) in [6.45, 7) is 0.718. The van der Waals surface area contributed by atoms with Crippen LogP contribution in [0.5, 0.6) is 11.5 Å². The molecule has 0 radical (unpaired) electrons. The van der Waals surface area contributed by atoms with Gasteiger partial charge in [0.05, 0.1) is 19.2 Å². The third-order valence-electron chi connectivity index (χ3n) is 3.14. The van der Waals surface area contributed by atoms with Crippen molar-refractivity contribution in [2.24, 2.45) is 11.7 Å². The zero-order valence-electron chi connectivity index (χ0n) is 9.50. The average molecular weight is 242 g/mol. The predicted octanol–water partition coefficient (Wildman–Crippen LogP) is 2.42. The Hall–Kier alpha value is -0.930. The van der Waals surface area contributed by atoms with E-state index in [0.29, 0.717) is 28.4 Å². The zero-order chi connectivity index (χ0) is 11.7. The van der Waals surface area contributed by atoms with E-state index < -0.39 is 0 Å². The molecule has 1 aliphatic carbocycles. The molecular formula is C12H16ClNO2. The van der Waals surface area contributed by atoms with Gasteiger partial charge in [-0.2, -0.15) is 0 Å². The minimum Gasteiger partial charge on any atom is -0.493 e. The topological polar surface area (TPSA) is 44.5 Å². The van der Waals surface area contributed by atoms with Crippen LogP contribution in [-0.4, -0.2) is 20.8 Å². The third-order valence-corrected chi connectivity index (χ3v) is 3.53. The highest BCUT2D eigenvalue weighted by Gasteiger charge is 2.39. The van der Waals surface area contributed by atoms with Crippen LogP contribution in [0, 0.1) is 5.92 Å². The summed E-state index contributed by atoms with van der Waals surface area (Å²) in [5.41, 5.74) is 6.76. The maximum atomic E-state index is 6.30. The maximum Gasteiger partial charge on any atom is 0.179 e. The molecule has 16 heavy (non-hydrogen) atoms. The Balaban J connectivity index is 2.34. The fraction of sp³-hybridized carbons (Fsp3) is 0.500. The molecule has 0 bridgehead atoms. The summed E-state index contributed by atoms with van der Waals surface area (Å²) < 4.78 is 10.5. The largest absolute Gasteiger partial charge is 0.493 e. The minimum atomic E-state index is 0.484. The molecule has 2 rings (SSSR count). The van der Waals surface area contributed by atoms with Crippen molar-refractivity contribution in [2.45, 2.75) is 12.3 Å². The number of ether oxygens (including phenoxy) is 2. The van der Waals surface area contributed by atoms with Gasteiger partial charge in [-0.15, -0.1) is 0 Å². The van der Waals surface area contributed by atoms with E-state index in [1.807, 2.05) is 12.1 Å². The minimum absolute atomic E-state index is 0.484. The highest BCUT2D eigenvalue weighted by molar-refractivity contribution is 6.33. The first-order chi connectivity index (χ1) is 7.72. The van der Waals surface area contributed by atoms with Crippen LogP contribution in [0.15, 0.2) is 12.1 Å². The second kappa shape index (κ2) is 4.52. The van der Waals surface area contributed by atoms with Crippen molar-refractivity contribution in [2.75, 3.05) is 20.8 Å². The number of nitrogens with two attached hydrogens (primary N) is 1. The first-order valence-electron chi connectivity index (χ1n) is 5.33. The summed E-state index contributed by atoms with van der Waals surface area (Å²) in [5.74, 6) is 2.33. The molecule has 1 saturated carbocycles. The van der Waals surface area contributed by atoms with Crippen LogP contribution in [0.25, 0.3) is 0 Å². The Morgan fingerprint density at radius 1 is 1.38 bits per heavy atom.